The molecule has 7 nitrogen and oxygen atoms in total. The number of carbonyl (C=O) groups excluding carboxylic acids is 1. The minimum atomic E-state index is -1.27. The Morgan fingerprint density at radius 3 is 2.60 bits per heavy atom. The van der Waals surface area contributed by atoms with E-state index in [1.54, 1.807) is 12.1 Å². The normalized spacial score (nSPS) is 10.1. The molecule has 2 N–H and O–H groups in total. The van der Waals surface area contributed by atoms with Crippen molar-refractivity contribution >= 4 is 23.3 Å². The number of hydrogen-bond donors (Lipinski definition) is 2. The topological polar surface area (TPSA) is 95.7 Å². The van der Waals surface area contributed by atoms with Gasteiger partial charge in [-0.05, 0) is 12.1 Å². The van der Waals surface area contributed by atoms with E-state index in [-0.39, 0.29) is 11.5 Å². The average Bonchev–Trinajstić information content (AvgIpc) is 2.89. The van der Waals surface area contributed by atoms with Crippen LogP contribution in [-0.2, 0) is 0 Å². The number of nitrogens with zero attached hydrogens (tertiary/aromatic N) is 2. The van der Waals surface area contributed by atoms with E-state index in [0.29, 0.717) is 5.69 Å². The molecular weight excluding hydrogens is 262 g/mol. The van der Waals surface area contributed by atoms with Crippen LogP contribution in [-0.4, -0.2) is 36.2 Å². The highest BCUT2D eigenvalue weighted by Gasteiger charge is 2.17. The first-order valence-corrected chi connectivity index (χ1v) is 5.76. The van der Waals surface area contributed by atoms with Crippen molar-refractivity contribution in [1.29, 1.82) is 0 Å². The van der Waals surface area contributed by atoms with Crippen molar-refractivity contribution < 1.29 is 19.2 Å². The third kappa shape index (κ3) is 2.77. The lowest BCUT2D eigenvalue weighted by molar-refractivity contribution is 0.0651. The Bertz CT molecular complexity index is 649. The number of anilines is 2. The number of benzene rings is 1. The average molecular weight is 275 g/mol. The maximum atomic E-state index is 12.0. The van der Waals surface area contributed by atoms with Crippen LogP contribution in [0, 0.1) is 0 Å². The second-order valence-corrected chi connectivity index (χ2v) is 4.25. The van der Waals surface area contributed by atoms with Gasteiger partial charge in [-0.25, -0.2) is 4.79 Å². The second kappa shape index (κ2) is 5.43. The third-order valence-corrected chi connectivity index (χ3v) is 2.59. The summed E-state index contributed by atoms with van der Waals surface area (Å²) in [5.74, 6) is -2.18. The van der Waals surface area contributed by atoms with Gasteiger partial charge in [-0.1, -0.05) is 17.3 Å². The van der Waals surface area contributed by atoms with Gasteiger partial charge in [-0.15, -0.1) is 0 Å². The fourth-order valence-corrected chi connectivity index (χ4v) is 1.64. The summed E-state index contributed by atoms with van der Waals surface area (Å²) in [5, 5.41) is 14.8. The third-order valence-electron chi connectivity index (χ3n) is 2.59. The maximum Gasteiger partial charge on any atom is 0.374 e. The molecule has 0 bridgehead atoms. The molecule has 7 heteroatoms. The number of nitrogens with one attached hydrogen (secondary N) is 1. The number of amides is 1. The van der Waals surface area contributed by atoms with E-state index in [9.17, 15) is 9.59 Å². The highest BCUT2D eigenvalue weighted by atomic mass is 16.5. The summed E-state index contributed by atoms with van der Waals surface area (Å²) >= 11 is 0. The van der Waals surface area contributed by atoms with Crippen molar-refractivity contribution in [3.63, 3.8) is 0 Å². The summed E-state index contributed by atoms with van der Waals surface area (Å²) in [6.45, 7) is 0. The zero-order valence-electron chi connectivity index (χ0n) is 11.0. The van der Waals surface area contributed by atoms with Gasteiger partial charge in [0.15, 0.2) is 5.69 Å². The summed E-state index contributed by atoms with van der Waals surface area (Å²) in [5.41, 5.74) is 1.33. The Balaban J connectivity index is 2.21. The van der Waals surface area contributed by atoms with Crippen molar-refractivity contribution in [2.75, 3.05) is 24.3 Å². The predicted molar refractivity (Wildman–Crippen MR) is 72.2 cm³/mol. The van der Waals surface area contributed by atoms with E-state index in [1.165, 1.54) is 0 Å². The lowest BCUT2D eigenvalue weighted by Gasteiger charge is -2.17. The Labute approximate surface area is 114 Å². The molecule has 0 fully saturated rings. The second-order valence-electron chi connectivity index (χ2n) is 4.25. The standard InChI is InChI=1S/C13H13N3O4/c1-16(2)10-6-4-3-5-8(10)14-12(17)9-7-11(13(18)19)20-15-9/h3-7H,1-2H3,(H,14,17)(H,18,19). The maximum absolute atomic E-state index is 12.0. The van der Waals surface area contributed by atoms with Crippen LogP contribution in [0.3, 0.4) is 0 Å². The first-order chi connectivity index (χ1) is 9.49. The van der Waals surface area contributed by atoms with Crippen molar-refractivity contribution in [3.8, 4) is 0 Å². The van der Waals surface area contributed by atoms with E-state index < -0.39 is 11.9 Å². The fraction of sp³-hybridized carbons (Fsp3) is 0.154. The Morgan fingerprint density at radius 1 is 1.30 bits per heavy atom. The van der Waals surface area contributed by atoms with Crippen LogP contribution in [0.1, 0.15) is 21.0 Å². The lowest BCUT2D eigenvalue weighted by Crippen LogP contribution is -2.16. The summed E-state index contributed by atoms with van der Waals surface area (Å²) in [6, 6.07) is 8.31. The molecule has 2 aromatic rings. The smallest absolute Gasteiger partial charge is 0.374 e. The number of para-hydroxylation sites is 2. The number of carboxylic acid groups (broad SMARTS) is 1. The van der Waals surface area contributed by atoms with Crippen molar-refractivity contribution in [2.45, 2.75) is 0 Å². The van der Waals surface area contributed by atoms with E-state index in [4.69, 9.17) is 5.11 Å². The Hall–Kier alpha value is -2.83. The lowest BCUT2D eigenvalue weighted by atomic mass is 10.2. The molecule has 0 spiro atoms. The fourth-order valence-electron chi connectivity index (χ4n) is 1.64. The van der Waals surface area contributed by atoms with Crippen molar-refractivity contribution in [1.82, 2.24) is 5.16 Å². The molecule has 0 aliphatic heterocycles. The summed E-state index contributed by atoms with van der Waals surface area (Å²) in [6.07, 6.45) is 0. The van der Waals surface area contributed by atoms with Gasteiger partial charge in [0.2, 0.25) is 5.76 Å². The largest absolute Gasteiger partial charge is 0.475 e. The number of aromatic carboxylic acids is 1. The molecule has 1 aromatic carbocycles. The van der Waals surface area contributed by atoms with Gasteiger partial charge in [-0.3, -0.25) is 4.79 Å². The molecule has 20 heavy (non-hydrogen) atoms. The SMILES string of the molecule is CN(C)c1ccccc1NC(=O)c1cc(C(=O)O)on1. The molecule has 1 aromatic heterocycles. The predicted octanol–water partition coefficient (Wildman–Crippen LogP) is 1.69. The number of aromatic nitrogens is 1. The molecule has 1 heterocycles. The highest BCUT2D eigenvalue weighted by molar-refractivity contribution is 6.05. The van der Waals surface area contributed by atoms with Gasteiger partial charge in [0, 0.05) is 20.2 Å². The van der Waals surface area contributed by atoms with E-state index >= 15 is 0 Å². The number of carboxylic acids is 1. The molecule has 104 valence electrons. The summed E-state index contributed by atoms with van der Waals surface area (Å²) < 4.78 is 4.54. The summed E-state index contributed by atoms with van der Waals surface area (Å²) in [7, 11) is 3.70. The molecule has 0 radical (unpaired) electrons. The monoisotopic (exact) mass is 275 g/mol. The van der Waals surface area contributed by atoms with Crippen LogP contribution in [0.2, 0.25) is 0 Å². The van der Waals surface area contributed by atoms with Crippen LogP contribution in [0.15, 0.2) is 34.9 Å². The van der Waals surface area contributed by atoms with Gasteiger partial charge >= 0.3 is 5.97 Å². The molecule has 2 rings (SSSR count). The minimum absolute atomic E-state index is 0.0871. The van der Waals surface area contributed by atoms with Gasteiger partial charge in [0.25, 0.3) is 5.91 Å². The first kappa shape index (κ1) is 13.6. The number of rotatable bonds is 4. The Morgan fingerprint density at radius 2 is 2.00 bits per heavy atom. The van der Waals surface area contributed by atoms with Crippen molar-refractivity contribution in [3.05, 3.63) is 41.8 Å². The first-order valence-electron chi connectivity index (χ1n) is 5.76. The van der Waals surface area contributed by atoms with Crippen LogP contribution in [0.25, 0.3) is 0 Å². The van der Waals surface area contributed by atoms with Crippen LogP contribution < -0.4 is 10.2 Å². The molecule has 0 saturated heterocycles. The molecule has 0 unspecified atom stereocenters. The molecule has 1 amide bonds. The molecule has 0 aliphatic carbocycles. The van der Waals surface area contributed by atoms with Gasteiger partial charge in [0.1, 0.15) is 0 Å². The molecule has 0 saturated carbocycles. The summed E-state index contributed by atoms with van der Waals surface area (Å²) in [4.78, 5) is 24.5. The van der Waals surface area contributed by atoms with Crippen LogP contribution in [0.5, 0.6) is 0 Å². The molecule has 0 aliphatic rings. The van der Waals surface area contributed by atoms with Crippen molar-refractivity contribution in [2.24, 2.45) is 0 Å². The number of hydrogen-bond acceptors (Lipinski definition) is 5. The van der Waals surface area contributed by atoms with Crippen LogP contribution >= 0.6 is 0 Å². The van der Waals surface area contributed by atoms with Gasteiger partial charge in [-0.2, -0.15) is 0 Å². The number of carbonyl (C=O) groups is 2. The Kier molecular flexibility index (Phi) is 3.69. The molecular formula is C13H13N3O4. The van der Waals surface area contributed by atoms with Gasteiger partial charge in [0.05, 0.1) is 11.4 Å². The highest BCUT2D eigenvalue weighted by Crippen LogP contribution is 2.23. The van der Waals surface area contributed by atoms with Gasteiger partial charge < -0.3 is 19.8 Å². The van der Waals surface area contributed by atoms with Crippen LogP contribution in [0.4, 0.5) is 11.4 Å². The zero-order valence-corrected chi connectivity index (χ0v) is 11.0. The van der Waals surface area contributed by atoms with E-state index in [0.717, 1.165) is 11.8 Å². The minimum Gasteiger partial charge on any atom is -0.475 e. The quantitative estimate of drug-likeness (QED) is 0.881. The zero-order chi connectivity index (χ0) is 14.7. The van der Waals surface area contributed by atoms with E-state index in [2.05, 4.69) is 15.0 Å². The van der Waals surface area contributed by atoms with E-state index in [1.807, 2.05) is 31.1 Å². The molecule has 0 atom stereocenters.